The second-order valence-electron chi connectivity index (χ2n) is 7.11. The van der Waals surface area contributed by atoms with Gasteiger partial charge in [-0.15, -0.1) is 5.10 Å². The summed E-state index contributed by atoms with van der Waals surface area (Å²) in [5.41, 5.74) is 1.37. The molecule has 1 amide bonds. The van der Waals surface area contributed by atoms with Crippen molar-refractivity contribution < 1.29 is 14.1 Å². The summed E-state index contributed by atoms with van der Waals surface area (Å²) < 4.78 is 17.5. The minimum absolute atomic E-state index is 0.0521. The Bertz CT molecular complexity index is 1360. The lowest BCUT2D eigenvalue weighted by Gasteiger charge is -2.04. The number of hydrogen-bond donors (Lipinski definition) is 1. The van der Waals surface area contributed by atoms with Crippen molar-refractivity contribution in [3.63, 3.8) is 0 Å². The number of nitro groups is 1. The van der Waals surface area contributed by atoms with Crippen LogP contribution in [-0.4, -0.2) is 45.2 Å². The fraction of sp³-hybridized carbons (Fsp3) is 0.211. The first-order valence-corrected chi connectivity index (χ1v) is 9.95. The lowest BCUT2D eigenvalue weighted by Crippen LogP contribution is -2.16. The topological polar surface area (TPSA) is 139 Å². The molecule has 0 aliphatic rings. The summed E-state index contributed by atoms with van der Waals surface area (Å²) in [6, 6.07) is 5.53. The fourth-order valence-corrected chi connectivity index (χ4v) is 3.43. The van der Waals surface area contributed by atoms with Crippen molar-refractivity contribution in [2.24, 2.45) is 0 Å². The Balaban J connectivity index is 1.41. The second-order valence-corrected chi connectivity index (χ2v) is 7.52. The number of benzene rings is 1. The van der Waals surface area contributed by atoms with Crippen molar-refractivity contribution in [1.82, 2.24) is 34.3 Å². The van der Waals surface area contributed by atoms with Crippen LogP contribution >= 0.6 is 11.6 Å². The van der Waals surface area contributed by atoms with Gasteiger partial charge in [0.2, 0.25) is 5.95 Å². The molecule has 0 spiro atoms. The maximum absolute atomic E-state index is 13.2. The van der Waals surface area contributed by atoms with Gasteiger partial charge in [0, 0.05) is 11.2 Å². The molecular weight excluding hydrogens is 457 g/mol. The number of aryl methyl sites for hydroxylation is 1. The lowest BCUT2D eigenvalue weighted by atomic mass is 10.2. The molecule has 3 aromatic heterocycles. The van der Waals surface area contributed by atoms with E-state index in [2.05, 4.69) is 25.6 Å². The van der Waals surface area contributed by atoms with Gasteiger partial charge in [-0.25, -0.2) is 18.7 Å². The SMILES string of the molecule is Cc1nn(Cn2ccc(C(=O)Nc3ncn(Cc4ccc(F)cc4Cl)n3)n2)c(C)c1[N+](=O)[O-]. The Labute approximate surface area is 190 Å². The van der Waals surface area contributed by atoms with Gasteiger partial charge in [-0.2, -0.15) is 10.2 Å². The van der Waals surface area contributed by atoms with Crippen LogP contribution in [0.2, 0.25) is 5.02 Å². The number of carbonyl (C=O) groups is 1. The average molecular weight is 474 g/mol. The molecule has 0 saturated heterocycles. The molecule has 0 atom stereocenters. The minimum Gasteiger partial charge on any atom is -0.288 e. The highest BCUT2D eigenvalue weighted by molar-refractivity contribution is 6.31. The van der Waals surface area contributed by atoms with E-state index in [0.29, 0.717) is 17.0 Å². The summed E-state index contributed by atoms with van der Waals surface area (Å²) >= 11 is 6.02. The first-order valence-electron chi connectivity index (χ1n) is 9.58. The molecule has 1 N–H and O–H groups in total. The zero-order valence-electron chi connectivity index (χ0n) is 17.4. The molecule has 4 aromatic rings. The smallest absolute Gasteiger partial charge is 0.288 e. The Morgan fingerprint density at radius 2 is 2.00 bits per heavy atom. The summed E-state index contributed by atoms with van der Waals surface area (Å²) in [4.78, 5) is 27.2. The Morgan fingerprint density at radius 3 is 2.70 bits per heavy atom. The van der Waals surface area contributed by atoms with E-state index in [1.165, 1.54) is 38.6 Å². The van der Waals surface area contributed by atoms with Crippen LogP contribution in [0.4, 0.5) is 16.0 Å². The number of aromatic nitrogens is 7. The van der Waals surface area contributed by atoms with Gasteiger partial charge in [0.15, 0.2) is 5.69 Å². The third-order valence-corrected chi connectivity index (χ3v) is 5.14. The standard InChI is InChI=1S/C19H17ClFN9O3/c1-11-17(30(32)33)12(2)29(24-11)10-27-6-5-16(25-27)18(31)23-19-22-9-28(26-19)8-13-3-4-14(21)7-15(13)20/h3-7,9H,8,10H2,1-2H3,(H,23,26,31). The molecule has 0 bridgehead atoms. The molecule has 4 rings (SSSR count). The minimum atomic E-state index is -0.536. The Morgan fingerprint density at radius 1 is 1.21 bits per heavy atom. The summed E-state index contributed by atoms with van der Waals surface area (Å²) in [6.45, 7) is 3.49. The first kappa shape index (κ1) is 22.1. The zero-order chi connectivity index (χ0) is 23.7. The predicted molar refractivity (Wildman–Crippen MR) is 114 cm³/mol. The molecule has 0 unspecified atom stereocenters. The van der Waals surface area contributed by atoms with E-state index < -0.39 is 16.6 Å². The highest BCUT2D eigenvalue weighted by atomic mass is 35.5. The van der Waals surface area contributed by atoms with Crippen LogP contribution in [0.1, 0.15) is 27.4 Å². The number of hydrogen-bond acceptors (Lipinski definition) is 7. The number of anilines is 1. The first-order chi connectivity index (χ1) is 15.7. The van der Waals surface area contributed by atoms with Crippen LogP contribution in [0.3, 0.4) is 0 Å². The molecule has 0 saturated carbocycles. The Kier molecular flexibility index (Phi) is 5.87. The van der Waals surface area contributed by atoms with Gasteiger partial charge in [-0.05, 0) is 37.6 Å². The maximum Gasteiger partial charge on any atom is 0.312 e. The van der Waals surface area contributed by atoms with Crippen molar-refractivity contribution in [3.8, 4) is 0 Å². The van der Waals surface area contributed by atoms with Gasteiger partial charge in [0.25, 0.3) is 5.91 Å². The van der Waals surface area contributed by atoms with E-state index in [-0.39, 0.29) is 35.6 Å². The molecule has 170 valence electrons. The van der Waals surface area contributed by atoms with Crippen molar-refractivity contribution in [3.05, 3.63) is 80.4 Å². The number of halogens is 2. The van der Waals surface area contributed by atoms with E-state index in [9.17, 15) is 19.3 Å². The summed E-state index contributed by atoms with van der Waals surface area (Å²) in [5, 5.41) is 26.4. The lowest BCUT2D eigenvalue weighted by molar-refractivity contribution is -0.386. The summed E-state index contributed by atoms with van der Waals surface area (Å²) in [6.07, 6.45) is 2.96. The van der Waals surface area contributed by atoms with Crippen LogP contribution in [0.5, 0.6) is 0 Å². The molecule has 33 heavy (non-hydrogen) atoms. The fourth-order valence-electron chi connectivity index (χ4n) is 3.21. The van der Waals surface area contributed by atoms with Gasteiger partial charge < -0.3 is 0 Å². The molecular formula is C19H17ClFN9O3. The molecule has 3 heterocycles. The van der Waals surface area contributed by atoms with Crippen molar-refractivity contribution in [2.75, 3.05) is 5.32 Å². The van der Waals surface area contributed by atoms with E-state index >= 15 is 0 Å². The summed E-state index contributed by atoms with van der Waals surface area (Å²) in [5.74, 6) is -0.918. The number of carbonyl (C=O) groups excluding carboxylic acids is 1. The third-order valence-electron chi connectivity index (χ3n) is 4.79. The van der Waals surface area contributed by atoms with E-state index in [1.807, 2.05) is 0 Å². The predicted octanol–water partition coefficient (Wildman–Crippen LogP) is 2.80. The molecule has 0 aliphatic heterocycles. The quantitative estimate of drug-likeness (QED) is 0.321. The number of nitrogens with one attached hydrogen (secondary N) is 1. The molecule has 14 heteroatoms. The largest absolute Gasteiger partial charge is 0.312 e. The second kappa shape index (κ2) is 8.78. The van der Waals surface area contributed by atoms with Crippen LogP contribution in [-0.2, 0) is 13.2 Å². The molecule has 12 nitrogen and oxygen atoms in total. The van der Waals surface area contributed by atoms with Crippen LogP contribution in [0, 0.1) is 29.8 Å². The molecule has 0 aliphatic carbocycles. The Hall–Kier alpha value is -4.13. The molecule has 0 fully saturated rings. The summed E-state index contributed by atoms with van der Waals surface area (Å²) in [7, 11) is 0. The molecule has 1 aromatic carbocycles. The van der Waals surface area contributed by atoms with Crippen molar-refractivity contribution >= 4 is 29.1 Å². The monoisotopic (exact) mass is 473 g/mol. The average Bonchev–Trinajstić information content (AvgIpc) is 3.44. The highest BCUT2D eigenvalue weighted by Crippen LogP contribution is 2.22. The molecule has 0 radical (unpaired) electrons. The van der Waals surface area contributed by atoms with Crippen LogP contribution < -0.4 is 5.32 Å². The van der Waals surface area contributed by atoms with Gasteiger partial charge >= 0.3 is 5.69 Å². The van der Waals surface area contributed by atoms with E-state index in [4.69, 9.17) is 11.6 Å². The normalized spacial score (nSPS) is 11.0. The van der Waals surface area contributed by atoms with Crippen LogP contribution in [0.25, 0.3) is 0 Å². The number of nitrogens with zero attached hydrogens (tertiary/aromatic N) is 8. The van der Waals surface area contributed by atoms with Gasteiger partial charge in [-0.1, -0.05) is 17.7 Å². The van der Waals surface area contributed by atoms with Gasteiger partial charge in [0.1, 0.15) is 30.2 Å². The number of amides is 1. The van der Waals surface area contributed by atoms with E-state index in [1.54, 1.807) is 26.1 Å². The maximum atomic E-state index is 13.2. The number of rotatable bonds is 7. The third kappa shape index (κ3) is 4.72. The highest BCUT2D eigenvalue weighted by Gasteiger charge is 2.22. The van der Waals surface area contributed by atoms with Gasteiger partial charge in [-0.3, -0.25) is 24.9 Å². The zero-order valence-corrected chi connectivity index (χ0v) is 18.2. The van der Waals surface area contributed by atoms with Crippen molar-refractivity contribution in [1.29, 1.82) is 0 Å². The van der Waals surface area contributed by atoms with E-state index in [0.717, 1.165) is 0 Å². The van der Waals surface area contributed by atoms with Gasteiger partial charge in [0.05, 0.1) is 11.5 Å². The van der Waals surface area contributed by atoms with Crippen LogP contribution in [0.15, 0.2) is 36.8 Å². The van der Waals surface area contributed by atoms with Crippen molar-refractivity contribution in [2.45, 2.75) is 27.1 Å².